The van der Waals surface area contributed by atoms with Crippen molar-refractivity contribution in [1.29, 1.82) is 0 Å². The number of anilines is 1. The maximum absolute atomic E-state index is 9.02. The second-order valence-electron chi connectivity index (χ2n) is 4.47. The normalized spacial score (nSPS) is 10.6. The Hall–Kier alpha value is -2.44. The van der Waals surface area contributed by atoms with E-state index >= 15 is 0 Å². The zero-order valence-electron chi connectivity index (χ0n) is 11.5. The Morgan fingerprint density at radius 2 is 1.95 bits per heavy atom. The monoisotopic (exact) mass is 316 g/mol. The van der Waals surface area contributed by atoms with Crippen molar-refractivity contribution in [2.24, 2.45) is 0 Å². The van der Waals surface area contributed by atoms with Gasteiger partial charge in [-0.2, -0.15) is 0 Å². The Kier molecular flexibility index (Phi) is 4.32. The van der Waals surface area contributed by atoms with Gasteiger partial charge in [0.1, 0.15) is 5.69 Å². The lowest BCUT2D eigenvalue weighted by molar-refractivity contribution is 0.311. The first-order valence-electron chi connectivity index (χ1n) is 6.67. The lowest BCUT2D eigenvalue weighted by Gasteiger charge is -2.10. The summed E-state index contributed by atoms with van der Waals surface area (Å²) < 4.78 is 5.28. The number of benzene rings is 1. The molecule has 0 radical (unpaired) electrons. The van der Waals surface area contributed by atoms with Crippen molar-refractivity contribution in [3.63, 3.8) is 0 Å². The van der Waals surface area contributed by atoms with Crippen molar-refractivity contribution in [2.75, 3.05) is 18.5 Å². The van der Waals surface area contributed by atoms with Crippen LogP contribution in [0.2, 0.25) is 5.02 Å². The van der Waals surface area contributed by atoms with E-state index in [9.17, 15) is 0 Å². The van der Waals surface area contributed by atoms with Gasteiger partial charge in [0.2, 0.25) is 5.82 Å². The highest BCUT2D eigenvalue weighted by molar-refractivity contribution is 6.30. The minimum atomic E-state index is -0.0137. The molecule has 0 saturated heterocycles. The molecule has 0 atom stereocenters. The Balaban J connectivity index is 2.03. The van der Waals surface area contributed by atoms with Crippen LogP contribution >= 0.6 is 11.6 Å². The minimum absolute atomic E-state index is 0.0137. The molecule has 0 bridgehead atoms. The number of aliphatic hydroxyl groups is 1. The predicted octanol–water partition coefficient (Wildman–Crippen LogP) is 2.86. The molecule has 22 heavy (non-hydrogen) atoms. The van der Waals surface area contributed by atoms with Crippen LogP contribution in [0.5, 0.6) is 0 Å². The molecule has 2 heterocycles. The van der Waals surface area contributed by atoms with Gasteiger partial charge in [0.25, 0.3) is 0 Å². The van der Waals surface area contributed by atoms with Crippen molar-refractivity contribution in [1.82, 2.24) is 15.2 Å². The van der Waals surface area contributed by atoms with E-state index in [1.807, 2.05) is 12.1 Å². The van der Waals surface area contributed by atoms with Gasteiger partial charge in [-0.05, 0) is 24.3 Å². The van der Waals surface area contributed by atoms with Crippen molar-refractivity contribution in [3.05, 3.63) is 47.7 Å². The van der Waals surface area contributed by atoms with E-state index in [2.05, 4.69) is 20.5 Å². The lowest BCUT2D eigenvalue weighted by atomic mass is 10.1. The fourth-order valence-corrected chi connectivity index (χ4v) is 2.06. The Bertz CT molecular complexity index is 745. The van der Waals surface area contributed by atoms with E-state index in [1.165, 1.54) is 0 Å². The molecular formula is C15H13ClN4O2. The molecule has 0 unspecified atom stereocenters. The van der Waals surface area contributed by atoms with E-state index < -0.39 is 0 Å². The first-order valence-corrected chi connectivity index (χ1v) is 7.05. The number of aromatic nitrogens is 3. The molecule has 0 fully saturated rings. The zero-order valence-corrected chi connectivity index (χ0v) is 12.3. The van der Waals surface area contributed by atoms with Gasteiger partial charge in [-0.15, -0.1) is 10.2 Å². The summed E-state index contributed by atoms with van der Waals surface area (Å²) in [7, 11) is 0. The Labute approximate surface area is 131 Å². The average Bonchev–Trinajstić information content (AvgIpc) is 3.08. The van der Waals surface area contributed by atoms with E-state index in [-0.39, 0.29) is 6.61 Å². The first-order chi connectivity index (χ1) is 10.8. The molecule has 0 saturated carbocycles. The fraction of sp³-hybridized carbons (Fsp3) is 0.133. The van der Waals surface area contributed by atoms with E-state index in [0.717, 1.165) is 5.56 Å². The van der Waals surface area contributed by atoms with Crippen LogP contribution in [0.15, 0.2) is 47.1 Å². The number of nitrogens with one attached hydrogen (secondary N) is 1. The second-order valence-corrected chi connectivity index (χ2v) is 4.90. The van der Waals surface area contributed by atoms with Crippen molar-refractivity contribution in [2.45, 2.75) is 0 Å². The molecule has 0 spiro atoms. The highest BCUT2D eigenvalue weighted by Gasteiger charge is 2.13. The van der Waals surface area contributed by atoms with Gasteiger partial charge < -0.3 is 14.8 Å². The maximum Gasteiger partial charge on any atom is 0.219 e. The molecule has 6 nitrogen and oxygen atoms in total. The summed E-state index contributed by atoms with van der Waals surface area (Å²) in [6, 6.07) is 10.7. The summed E-state index contributed by atoms with van der Waals surface area (Å²) in [6.07, 6.45) is 1.55. The van der Waals surface area contributed by atoms with Crippen LogP contribution in [0.25, 0.3) is 22.8 Å². The van der Waals surface area contributed by atoms with Gasteiger partial charge in [0.15, 0.2) is 11.6 Å². The van der Waals surface area contributed by atoms with Gasteiger partial charge in [-0.3, -0.25) is 0 Å². The molecule has 0 aliphatic heterocycles. The summed E-state index contributed by atoms with van der Waals surface area (Å²) in [5.74, 6) is 1.43. The Morgan fingerprint density at radius 1 is 1.14 bits per heavy atom. The summed E-state index contributed by atoms with van der Waals surface area (Å²) in [5.41, 5.74) is 1.41. The van der Waals surface area contributed by atoms with Gasteiger partial charge in [-0.1, -0.05) is 23.7 Å². The molecular weight excluding hydrogens is 304 g/mol. The number of hydrogen-bond donors (Lipinski definition) is 2. The second kappa shape index (κ2) is 6.55. The predicted molar refractivity (Wildman–Crippen MR) is 83.6 cm³/mol. The third-order valence-electron chi connectivity index (χ3n) is 2.95. The SMILES string of the molecule is OCCNc1nc(-c2ccco2)nnc1-c1ccc(Cl)cc1. The summed E-state index contributed by atoms with van der Waals surface area (Å²) in [6.45, 7) is 0.344. The van der Waals surface area contributed by atoms with Crippen molar-refractivity contribution < 1.29 is 9.52 Å². The van der Waals surface area contributed by atoms with Crippen molar-refractivity contribution in [3.8, 4) is 22.8 Å². The molecule has 0 aliphatic carbocycles. The number of halogens is 1. The van der Waals surface area contributed by atoms with Crippen LogP contribution in [-0.4, -0.2) is 33.4 Å². The maximum atomic E-state index is 9.02. The number of aliphatic hydroxyl groups excluding tert-OH is 1. The van der Waals surface area contributed by atoms with Crippen LogP contribution in [0.1, 0.15) is 0 Å². The van der Waals surface area contributed by atoms with Gasteiger partial charge in [0, 0.05) is 17.1 Å². The smallest absolute Gasteiger partial charge is 0.219 e. The van der Waals surface area contributed by atoms with Crippen LogP contribution in [0.4, 0.5) is 5.82 Å². The van der Waals surface area contributed by atoms with Gasteiger partial charge >= 0.3 is 0 Å². The van der Waals surface area contributed by atoms with Crippen LogP contribution in [-0.2, 0) is 0 Å². The quantitative estimate of drug-likeness (QED) is 0.753. The standard InChI is InChI=1S/C15H13ClN4O2/c16-11-5-3-10(4-6-11)13-15(17-7-8-21)18-14(20-19-13)12-2-1-9-22-12/h1-6,9,21H,7-8H2,(H,17,18,20). The number of rotatable bonds is 5. The zero-order chi connectivity index (χ0) is 15.4. The topological polar surface area (TPSA) is 84.1 Å². The highest BCUT2D eigenvalue weighted by Crippen LogP contribution is 2.27. The molecule has 0 aliphatic rings. The highest BCUT2D eigenvalue weighted by atomic mass is 35.5. The number of hydrogen-bond acceptors (Lipinski definition) is 6. The third kappa shape index (κ3) is 3.08. The van der Waals surface area contributed by atoms with E-state index in [0.29, 0.717) is 34.7 Å². The number of furan rings is 1. The molecule has 2 N–H and O–H groups in total. The van der Waals surface area contributed by atoms with Gasteiger partial charge in [-0.25, -0.2) is 4.98 Å². The largest absolute Gasteiger partial charge is 0.461 e. The first kappa shape index (κ1) is 14.5. The molecule has 1 aromatic carbocycles. The average molecular weight is 317 g/mol. The van der Waals surface area contributed by atoms with Crippen LogP contribution in [0, 0.1) is 0 Å². The van der Waals surface area contributed by atoms with Crippen LogP contribution < -0.4 is 5.32 Å². The fourth-order valence-electron chi connectivity index (χ4n) is 1.94. The summed E-state index contributed by atoms with van der Waals surface area (Å²) in [4.78, 5) is 4.43. The molecule has 0 amide bonds. The van der Waals surface area contributed by atoms with E-state index in [1.54, 1.807) is 30.5 Å². The number of nitrogens with zero attached hydrogens (tertiary/aromatic N) is 3. The van der Waals surface area contributed by atoms with Crippen molar-refractivity contribution >= 4 is 17.4 Å². The summed E-state index contributed by atoms with van der Waals surface area (Å²) >= 11 is 5.90. The van der Waals surface area contributed by atoms with E-state index in [4.69, 9.17) is 21.1 Å². The van der Waals surface area contributed by atoms with Crippen LogP contribution in [0.3, 0.4) is 0 Å². The minimum Gasteiger partial charge on any atom is -0.461 e. The third-order valence-corrected chi connectivity index (χ3v) is 3.20. The Morgan fingerprint density at radius 3 is 2.64 bits per heavy atom. The summed E-state index contributed by atoms with van der Waals surface area (Å²) in [5, 5.41) is 21.0. The molecule has 7 heteroatoms. The van der Waals surface area contributed by atoms with Gasteiger partial charge in [0.05, 0.1) is 12.9 Å². The molecule has 3 rings (SSSR count). The molecule has 112 valence electrons. The molecule has 3 aromatic rings. The lowest BCUT2D eigenvalue weighted by Crippen LogP contribution is -2.10. The molecule has 2 aromatic heterocycles.